The summed E-state index contributed by atoms with van der Waals surface area (Å²) in [6, 6.07) is 14.5. The number of hydrogen-bond donors (Lipinski definition) is 3. The van der Waals surface area contributed by atoms with Crippen LogP contribution in [0.5, 0.6) is 5.75 Å². The number of aliphatic hydroxyl groups is 2. The van der Waals surface area contributed by atoms with E-state index in [1.165, 1.54) is 34.1 Å². The van der Waals surface area contributed by atoms with Crippen molar-refractivity contribution in [2.45, 2.75) is 31.3 Å². The van der Waals surface area contributed by atoms with Crippen molar-refractivity contribution in [1.82, 2.24) is 4.98 Å². The molecule has 1 heterocycles. The van der Waals surface area contributed by atoms with Gasteiger partial charge < -0.3 is 19.9 Å². The van der Waals surface area contributed by atoms with Crippen LogP contribution in [0.15, 0.2) is 46.9 Å². The van der Waals surface area contributed by atoms with Gasteiger partial charge in [-0.25, -0.2) is 0 Å². The van der Waals surface area contributed by atoms with Gasteiger partial charge in [-0.15, -0.1) is 0 Å². The van der Waals surface area contributed by atoms with E-state index >= 15 is 0 Å². The van der Waals surface area contributed by atoms with Gasteiger partial charge in [0, 0.05) is 27.0 Å². The fraction of sp³-hybridized carbons (Fsp3) is 0.333. The minimum Gasteiger partial charge on any atom is -0.491 e. The number of rotatable bonds is 5. The van der Waals surface area contributed by atoms with E-state index < -0.39 is 6.10 Å². The molecule has 2 aromatic carbocycles. The molecule has 0 saturated carbocycles. The highest BCUT2D eigenvalue weighted by molar-refractivity contribution is 9.10. The maximum absolute atomic E-state index is 9.39. The van der Waals surface area contributed by atoms with Crippen LogP contribution >= 0.6 is 15.9 Å². The van der Waals surface area contributed by atoms with Gasteiger partial charge in [-0.05, 0) is 60.7 Å². The molecular formula is C21H22BrNO3. The van der Waals surface area contributed by atoms with Crippen molar-refractivity contribution in [3.05, 3.63) is 63.8 Å². The summed E-state index contributed by atoms with van der Waals surface area (Å²) in [4.78, 5) is 3.64. The molecule has 1 aliphatic carbocycles. The molecule has 5 heteroatoms. The largest absolute Gasteiger partial charge is 0.491 e. The SMILES string of the molecule is OCC(O)COc1ccc(C2CCCc3c2[nH]c2ccc(Br)cc32)cc1. The third kappa shape index (κ3) is 3.39. The van der Waals surface area contributed by atoms with Crippen LogP contribution in [0.25, 0.3) is 10.9 Å². The molecule has 3 N–H and O–H groups in total. The Morgan fingerprint density at radius 2 is 2.00 bits per heavy atom. The van der Waals surface area contributed by atoms with Gasteiger partial charge in [0.25, 0.3) is 0 Å². The van der Waals surface area contributed by atoms with Crippen LogP contribution in [0.1, 0.15) is 35.6 Å². The highest BCUT2D eigenvalue weighted by Gasteiger charge is 2.25. The fourth-order valence-electron chi connectivity index (χ4n) is 3.81. The summed E-state index contributed by atoms with van der Waals surface area (Å²) in [5.74, 6) is 1.07. The predicted molar refractivity (Wildman–Crippen MR) is 106 cm³/mol. The molecule has 0 spiro atoms. The monoisotopic (exact) mass is 415 g/mol. The summed E-state index contributed by atoms with van der Waals surface area (Å²) < 4.78 is 6.62. The lowest BCUT2D eigenvalue weighted by molar-refractivity contribution is 0.0536. The number of benzene rings is 2. The van der Waals surface area contributed by atoms with E-state index in [1.54, 1.807) is 0 Å². The predicted octanol–water partition coefficient (Wildman–Crippen LogP) is 4.13. The standard InChI is InChI=1S/C21H22BrNO3/c22-14-6-9-20-19(10-14)18-3-1-2-17(21(18)23-20)13-4-7-16(8-5-13)26-12-15(25)11-24/h4-10,15,17,23-25H,1-3,11-12H2. The number of H-pyrrole nitrogens is 1. The first-order valence-electron chi connectivity index (χ1n) is 8.97. The molecule has 3 aromatic rings. The number of ether oxygens (including phenoxy) is 1. The molecule has 0 aliphatic heterocycles. The molecule has 2 atom stereocenters. The Labute approximate surface area is 160 Å². The van der Waals surface area contributed by atoms with Crippen molar-refractivity contribution in [3.63, 3.8) is 0 Å². The second-order valence-electron chi connectivity index (χ2n) is 6.87. The van der Waals surface area contributed by atoms with E-state index in [-0.39, 0.29) is 13.2 Å². The van der Waals surface area contributed by atoms with Crippen molar-refractivity contribution in [2.24, 2.45) is 0 Å². The second-order valence-corrected chi connectivity index (χ2v) is 7.78. The van der Waals surface area contributed by atoms with Gasteiger partial charge in [-0.2, -0.15) is 0 Å². The van der Waals surface area contributed by atoms with Gasteiger partial charge >= 0.3 is 0 Å². The van der Waals surface area contributed by atoms with Crippen LogP contribution in [0.3, 0.4) is 0 Å². The van der Waals surface area contributed by atoms with Gasteiger partial charge in [-0.1, -0.05) is 28.1 Å². The minimum atomic E-state index is -0.846. The average Bonchev–Trinajstić information content (AvgIpc) is 3.04. The molecule has 0 radical (unpaired) electrons. The van der Waals surface area contributed by atoms with Gasteiger partial charge in [0.05, 0.1) is 6.61 Å². The number of aliphatic hydroxyl groups excluding tert-OH is 2. The van der Waals surface area contributed by atoms with Crippen LogP contribution in [-0.4, -0.2) is 34.5 Å². The molecule has 2 unspecified atom stereocenters. The number of aromatic amines is 1. The summed E-state index contributed by atoms with van der Waals surface area (Å²) in [6.45, 7) is -0.195. The summed E-state index contributed by atoms with van der Waals surface area (Å²) in [7, 11) is 0. The lowest BCUT2D eigenvalue weighted by Gasteiger charge is -2.23. The molecule has 0 fully saturated rings. The van der Waals surface area contributed by atoms with E-state index in [1.807, 2.05) is 12.1 Å². The smallest absolute Gasteiger partial charge is 0.119 e. The zero-order valence-electron chi connectivity index (χ0n) is 14.4. The molecule has 0 saturated heterocycles. The number of nitrogens with one attached hydrogen (secondary N) is 1. The quantitative estimate of drug-likeness (QED) is 0.586. The number of fused-ring (bicyclic) bond motifs is 3. The van der Waals surface area contributed by atoms with E-state index in [0.29, 0.717) is 11.7 Å². The van der Waals surface area contributed by atoms with E-state index in [9.17, 15) is 5.11 Å². The zero-order chi connectivity index (χ0) is 18.1. The summed E-state index contributed by atoms with van der Waals surface area (Å²) >= 11 is 3.58. The van der Waals surface area contributed by atoms with Crippen molar-refractivity contribution in [1.29, 1.82) is 0 Å². The Morgan fingerprint density at radius 1 is 1.19 bits per heavy atom. The van der Waals surface area contributed by atoms with E-state index in [2.05, 4.69) is 51.2 Å². The Morgan fingerprint density at radius 3 is 2.77 bits per heavy atom. The van der Waals surface area contributed by atoms with Crippen LogP contribution in [0.4, 0.5) is 0 Å². The summed E-state index contributed by atoms with van der Waals surface area (Å²) in [5.41, 5.74) is 5.23. The summed E-state index contributed by atoms with van der Waals surface area (Å²) in [6.07, 6.45) is 2.58. The topological polar surface area (TPSA) is 65.5 Å². The Bertz CT molecular complexity index is 904. The number of aromatic nitrogens is 1. The van der Waals surface area contributed by atoms with Crippen molar-refractivity contribution in [3.8, 4) is 5.75 Å². The van der Waals surface area contributed by atoms with E-state index in [4.69, 9.17) is 9.84 Å². The Hall–Kier alpha value is -1.82. The molecule has 26 heavy (non-hydrogen) atoms. The molecule has 0 amide bonds. The number of aryl methyl sites for hydroxylation is 1. The minimum absolute atomic E-state index is 0.0975. The summed E-state index contributed by atoms with van der Waals surface area (Å²) in [5, 5.41) is 19.6. The second kappa shape index (κ2) is 7.43. The van der Waals surface area contributed by atoms with Crippen LogP contribution in [0, 0.1) is 0 Å². The highest BCUT2D eigenvalue weighted by atomic mass is 79.9. The third-order valence-corrected chi connectivity index (χ3v) is 5.60. The van der Waals surface area contributed by atoms with Crippen LogP contribution in [0.2, 0.25) is 0 Å². The molecule has 1 aliphatic rings. The van der Waals surface area contributed by atoms with Crippen molar-refractivity contribution >= 4 is 26.8 Å². The normalized spacial score (nSPS) is 17.9. The Balaban J connectivity index is 1.60. The first-order valence-corrected chi connectivity index (χ1v) is 9.76. The molecule has 4 rings (SSSR count). The molecule has 1 aromatic heterocycles. The number of halogens is 1. The van der Waals surface area contributed by atoms with Crippen molar-refractivity contribution in [2.75, 3.05) is 13.2 Å². The lowest BCUT2D eigenvalue weighted by atomic mass is 9.82. The van der Waals surface area contributed by atoms with Gasteiger partial charge in [0.2, 0.25) is 0 Å². The number of hydrogen-bond acceptors (Lipinski definition) is 3. The lowest BCUT2D eigenvalue weighted by Crippen LogP contribution is -2.21. The first-order chi connectivity index (χ1) is 12.7. The fourth-order valence-corrected chi connectivity index (χ4v) is 4.17. The maximum atomic E-state index is 9.39. The molecule has 0 bridgehead atoms. The maximum Gasteiger partial charge on any atom is 0.119 e. The first kappa shape index (κ1) is 17.6. The highest BCUT2D eigenvalue weighted by Crippen LogP contribution is 2.40. The Kier molecular flexibility index (Phi) is 5.02. The van der Waals surface area contributed by atoms with Crippen molar-refractivity contribution < 1.29 is 14.9 Å². The van der Waals surface area contributed by atoms with Gasteiger partial charge in [0.15, 0.2) is 0 Å². The average molecular weight is 416 g/mol. The van der Waals surface area contributed by atoms with Crippen LogP contribution < -0.4 is 4.74 Å². The molecule has 4 nitrogen and oxygen atoms in total. The third-order valence-electron chi connectivity index (χ3n) is 5.10. The zero-order valence-corrected chi connectivity index (χ0v) is 16.0. The molecule has 136 valence electrons. The van der Waals surface area contributed by atoms with Gasteiger partial charge in [-0.3, -0.25) is 0 Å². The van der Waals surface area contributed by atoms with Crippen LogP contribution in [-0.2, 0) is 6.42 Å². The van der Waals surface area contributed by atoms with E-state index in [0.717, 1.165) is 17.3 Å². The molecular weight excluding hydrogens is 394 g/mol. The van der Waals surface area contributed by atoms with Gasteiger partial charge in [0.1, 0.15) is 18.5 Å².